The van der Waals surface area contributed by atoms with E-state index in [1.165, 1.54) is 11.1 Å². The van der Waals surface area contributed by atoms with Crippen molar-refractivity contribution in [2.75, 3.05) is 0 Å². The van der Waals surface area contributed by atoms with Crippen LogP contribution in [0.25, 0.3) is 0 Å². The SMILES string of the molecule is Cc1ccc(C)c(Oc2ccc(C(C)N)cc2)c1C. The molecule has 0 saturated carbocycles. The van der Waals surface area contributed by atoms with Crippen LogP contribution in [-0.4, -0.2) is 0 Å². The van der Waals surface area contributed by atoms with E-state index in [-0.39, 0.29) is 6.04 Å². The minimum absolute atomic E-state index is 0.0523. The summed E-state index contributed by atoms with van der Waals surface area (Å²) < 4.78 is 6.01. The highest BCUT2D eigenvalue weighted by Crippen LogP contribution is 2.30. The summed E-state index contributed by atoms with van der Waals surface area (Å²) in [6, 6.07) is 12.2. The summed E-state index contributed by atoms with van der Waals surface area (Å²) in [5.41, 5.74) is 10.5. The molecule has 0 heterocycles. The minimum Gasteiger partial charge on any atom is -0.457 e. The Hall–Kier alpha value is -1.80. The van der Waals surface area contributed by atoms with Crippen LogP contribution in [0.3, 0.4) is 0 Å². The van der Waals surface area contributed by atoms with Gasteiger partial charge >= 0.3 is 0 Å². The summed E-state index contributed by atoms with van der Waals surface area (Å²) in [6.07, 6.45) is 0. The molecular weight excluding hydrogens is 234 g/mol. The highest BCUT2D eigenvalue weighted by atomic mass is 16.5. The fourth-order valence-electron chi connectivity index (χ4n) is 2.04. The summed E-state index contributed by atoms with van der Waals surface area (Å²) in [5.74, 6) is 1.80. The second kappa shape index (κ2) is 5.45. The van der Waals surface area contributed by atoms with Crippen molar-refractivity contribution in [3.63, 3.8) is 0 Å². The Kier molecular flexibility index (Phi) is 3.91. The van der Waals surface area contributed by atoms with Crippen molar-refractivity contribution in [1.29, 1.82) is 0 Å². The Morgan fingerprint density at radius 1 is 0.895 bits per heavy atom. The van der Waals surface area contributed by atoms with Crippen LogP contribution in [0, 0.1) is 20.8 Å². The van der Waals surface area contributed by atoms with Gasteiger partial charge in [0.1, 0.15) is 11.5 Å². The van der Waals surface area contributed by atoms with Crippen LogP contribution in [0.5, 0.6) is 11.5 Å². The van der Waals surface area contributed by atoms with Gasteiger partial charge in [0, 0.05) is 6.04 Å². The number of nitrogens with two attached hydrogens (primary N) is 1. The highest BCUT2D eigenvalue weighted by Gasteiger charge is 2.08. The van der Waals surface area contributed by atoms with Gasteiger partial charge in [-0.1, -0.05) is 24.3 Å². The molecule has 0 bridgehead atoms. The second-order valence-corrected chi connectivity index (χ2v) is 5.11. The first kappa shape index (κ1) is 13.6. The quantitative estimate of drug-likeness (QED) is 0.881. The van der Waals surface area contributed by atoms with Gasteiger partial charge in [-0.15, -0.1) is 0 Å². The van der Waals surface area contributed by atoms with Gasteiger partial charge in [0.05, 0.1) is 0 Å². The van der Waals surface area contributed by atoms with Crippen LogP contribution in [0.15, 0.2) is 36.4 Å². The van der Waals surface area contributed by atoms with Gasteiger partial charge in [-0.05, 0) is 62.1 Å². The zero-order chi connectivity index (χ0) is 14.0. The van der Waals surface area contributed by atoms with Crippen LogP contribution in [0.4, 0.5) is 0 Å². The molecule has 1 unspecified atom stereocenters. The van der Waals surface area contributed by atoms with E-state index in [0.717, 1.165) is 22.6 Å². The number of hydrogen-bond acceptors (Lipinski definition) is 2. The molecule has 2 rings (SSSR count). The monoisotopic (exact) mass is 255 g/mol. The predicted molar refractivity (Wildman–Crippen MR) is 79.8 cm³/mol. The van der Waals surface area contributed by atoms with Crippen molar-refractivity contribution in [2.24, 2.45) is 5.73 Å². The van der Waals surface area contributed by atoms with Crippen LogP contribution < -0.4 is 10.5 Å². The topological polar surface area (TPSA) is 35.2 Å². The van der Waals surface area contributed by atoms with Crippen LogP contribution in [-0.2, 0) is 0 Å². The summed E-state index contributed by atoms with van der Waals surface area (Å²) in [7, 11) is 0. The van der Waals surface area contributed by atoms with Crippen molar-refractivity contribution in [2.45, 2.75) is 33.7 Å². The molecule has 2 aromatic carbocycles. The van der Waals surface area contributed by atoms with Gasteiger partial charge in [-0.2, -0.15) is 0 Å². The normalized spacial score (nSPS) is 12.3. The summed E-state index contributed by atoms with van der Waals surface area (Å²) >= 11 is 0. The molecular formula is C17H21NO. The molecule has 0 radical (unpaired) electrons. The van der Waals surface area contributed by atoms with Crippen LogP contribution in [0.1, 0.15) is 35.2 Å². The fraction of sp³-hybridized carbons (Fsp3) is 0.294. The van der Waals surface area contributed by atoms with Gasteiger partial charge in [-0.25, -0.2) is 0 Å². The lowest BCUT2D eigenvalue weighted by Crippen LogP contribution is -2.04. The zero-order valence-corrected chi connectivity index (χ0v) is 12.0. The Morgan fingerprint density at radius 2 is 1.47 bits per heavy atom. The second-order valence-electron chi connectivity index (χ2n) is 5.11. The van der Waals surface area contributed by atoms with E-state index in [9.17, 15) is 0 Å². The fourth-order valence-corrected chi connectivity index (χ4v) is 2.04. The molecule has 0 fully saturated rings. The van der Waals surface area contributed by atoms with Crippen LogP contribution in [0.2, 0.25) is 0 Å². The first-order chi connectivity index (χ1) is 8.99. The number of aryl methyl sites for hydroxylation is 2. The minimum atomic E-state index is 0.0523. The van der Waals surface area contributed by atoms with Crippen molar-refractivity contribution < 1.29 is 4.74 Å². The number of benzene rings is 2. The average molecular weight is 255 g/mol. The highest BCUT2D eigenvalue weighted by molar-refractivity contribution is 5.47. The number of hydrogen-bond donors (Lipinski definition) is 1. The van der Waals surface area contributed by atoms with E-state index in [0.29, 0.717) is 0 Å². The average Bonchev–Trinajstić information content (AvgIpc) is 2.40. The van der Waals surface area contributed by atoms with Gasteiger partial charge < -0.3 is 10.5 Å². The molecule has 0 aliphatic carbocycles. The van der Waals surface area contributed by atoms with Crippen molar-refractivity contribution in [3.8, 4) is 11.5 Å². The zero-order valence-electron chi connectivity index (χ0n) is 12.0. The standard InChI is InChI=1S/C17H21NO/c1-11-5-6-12(2)17(13(11)3)19-16-9-7-15(8-10-16)14(4)18/h5-10,14H,18H2,1-4H3. The van der Waals surface area contributed by atoms with E-state index >= 15 is 0 Å². The maximum Gasteiger partial charge on any atom is 0.133 e. The van der Waals surface area contributed by atoms with Crippen molar-refractivity contribution >= 4 is 0 Å². The molecule has 100 valence electrons. The Balaban J connectivity index is 2.29. The van der Waals surface area contributed by atoms with Gasteiger partial charge in [0.15, 0.2) is 0 Å². The lowest BCUT2D eigenvalue weighted by Gasteiger charge is -2.14. The molecule has 2 heteroatoms. The predicted octanol–water partition coefficient (Wildman–Crippen LogP) is 4.42. The van der Waals surface area contributed by atoms with Crippen molar-refractivity contribution in [1.82, 2.24) is 0 Å². The third-order valence-corrected chi connectivity index (χ3v) is 3.50. The Bertz CT molecular complexity index is 571. The molecule has 1 atom stereocenters. The molecule has 0 amide bonds. The lowest BCUT2D eigenvalue weighted by molar-refractivity contribution is 0.474. The van der Waals surface area contributed by atoms with Crippen molar-refractivity contribution in [3.05, 3.63) is 58.7 Å². The van der Waals surface area contributed by atoms with Gasteiger partial charge in [-0.3, -0.25) is 0 Å². The Morgan fingerprint density at radius 3 is 2.05 bits per heavy atom. The molecule has 0 spiro atoms. The van der Waals surface area contributed by atoms with Gasteiger partial charge in [0.25, 0.3) is 0 Å². The third kappa shape index (κ3) is 2.96. The number of rotatable bonds is 3. The lowest BCUT2D eigenvalue weighted by atomic mass is 10.1. The summed E-state index contributed by atoms with van der Waals surface area (Å²) in [6.45, 7) is 8.23. The van der Waals surface area contributed by atoms with Crippen LogP contribution >= 0.6 is 0 Å². The summed E-state index contributed by atoms with van der Waals surface area (Å²) in [4.78, 5) is 0. The number of ether oxygens (including phenoxy) is 1. The molecule has 0 aliphatic heterocycles. The largest absolute Gasteiger partial charge is 0.457 e. The van der Waals surface area contributed by atoms with E-state index in [1.54, 1.807) is 0 Å². The van der Waals surface area contributed by atoms with E-state index in [1.807, 2.05) is 31.2 Å². The molecule has 0 aromatic heterocycles. The third-order valence-electron chi connectivity index (χ3n) is 3.50. The molecule has 19 heavy (non-hydrogen) atoms. The van der Waals surface area contributed by atoms with E-state index < -0.39 is 0 Å². The first-order valence-electron chi connectivity index (χ1n) is 6.59. The first-order valence-corrected chi connectivity index (χ1v) is 6.59. The molecule has 2 aromatic rings. The summed E-state index contributed by atoms with van der Waals surface area (Å²) in [5, 5.41) is 0. The maximum absolute atomic E-state index is 6.01. The smallest absolute Gasteiger partial charge is 0.133 e. The Labute approximate surface area is 115 Å². The molecule has 2 N–H and O–H groups in total. The molecule has 2 nitrogen and oxygen atoms in total. The molecule has 0 saturated heterocycles. The van der Waals surface area contributed by atoms with Gasteiger partial charge in [0.2, 0.25) is 0 Å². The van der Waals surface area contributed by atoms with E-state index in [4.69, 9.17) is 10.5 Å². The van der Waals surface area contributed by atoms with E-state index in [2.05, 4.69) is 32.9 Å². The maximum atomic E-state index is 6.01. The molecule has 0 aliphatic rings.